The molecule has 1 unspecified atom stereocenters. The van der Waals surface area contributed by atoms with Crippen molar-refractivity contribution >= 4 is 40.2 Å². The largest absolute Gasteiger partial charge is 0.492 e. The van der Waals surface area contributed by atoms with Gasteiger partial charge in [0.1, 0.15) is 11.4 Å². The Morgan fingerprint density at radius 3 is 2.43 bits per heavy atom. The Bertz CT molecular complexity index is 1550. The number of rotatable bonds is 7. The number of aromatic nitrogens is 1. The summed E-state index contributed by atoms with van der Waals surface area (Å²) in [7, 11) is 0. The summed E-state index contributed by atoms with van der Waals surface area (Å²) >= 11 is 6.55. The summed E-state index contributed by atoms with van der Waals surface area (Å²) in [6, 6.07) is 9.39. The van der Waals surface area contributed by atoms with Crippen molar-refractivity contribution in [1.82, 2.24) is 9.88 Å². The Balaban J connectivity index is 1.51. The third-order valence-corrected chi connectivity index (χ3v) is 8.04. The number of benzene rings is 2. The van der Waals surface area contributed by atoms with E-state index in [1.165, 1.54) is 0 Å². The monoisotopic (exact) mass is 593 g/mol. The van der Waals surface area contributed by atoms with Gasteiger partial charge in [0.05, 0.1) is 28.4 Å². The van der Waals surface area contributed by atoms with Gasteiger partial charge in [-0.3, -0.25) is 9.59 Å². The van der Waals surface area contributed by atoms with Gasteiger partial charge in [-0.05, 0) is 84.4 Å². The second-order valence-electron chi connectivity index (χ2n) is 12.6. The number of carbonyl (C=O) groups is 2. The van der Waals surface area contributed by atoms with Crippen LogP contribution in [0.25, 0.3) is 22.0 Å². The van der Waals surface area contributed by atoms with E-state index in [9.17, 15) is 14.4 Å². The third-order valence-electron chi connectivity index (χ3n) is 7.72. The fourth-order valence-corrected chi connectivity index (χ4v) is 5.86. The molecule has 3 aromatic rings. The summed E-state index contributed by atoms with van der Waals surface area (Å²) in [5, 5.41) is 3.94. The minimum Gasteiger partial charge on any atom is -0.492 e. The molecule has 224 valence electrons. The maximum Gasteiger partial charge on any atom is 0.410 e. The number of hydrogen-bond acceptors (Lipinski definition) is 5. The SMILES string of the molecule is Cc1cc(C)cc(-c2c(OCCC3CCCCN3C(=O)OC(C)(C)C)c3cc(NC(=O)C4CC4)c(Cl)cc3[nH]c2=O)c1. The van der Waals surface area contributed by atoms with Crippen LogP contribution < -0.4 is 15.6 Å². The van der Waals surface area contributed by atoms with E-state index in [0.717, 1.165) is 48.8 Å². The van der Waals surface area contributed by atoms with Crippen LogP contribution in [-0.2, 0) is 9.53 Å². The number of ether oxygens (including phenoxy) is 2. The van der Waals surface area contributed by atoms with Crippen LogP contribution in [-0.4, -0.2) is 46.7 Å². The van der Waals surface area contributed by atoms with E-state index in [4.69, 9.17) is 21.1 Å². The smallest absolute Gasteiger partial charge is 0.410 e. The first kappa shape index (κ1) is 30.0. The molecule has 1 aromatic heterocycles. The van der Waals surface area contributed by atoms with E-state index in [1.807, 2.05) is 51.7 Å². The van der Waals surface area contributed by atoms with Crippen molar-refractivity contribution in [3.05, 3.63) is 56.8 Å². The lowest BCUT2D eigenvalue weighted by molar-refractivity contribution is -0.117. The van der Waals surface area contributed by atoms with Crippen LogP contribution in [0.4, 0.5) is 10.5 Å². The topological polar surface area (TPSA) is 101 Å². The lowest BCUT2D eigenvalue weighted by Crippen LogP contribution is -2.46. The summed E-state index contributed by atoms with van der Waals surface area (Å²) in [6.45, 7) is 10.5. The Kier molecular flexibility index (Phi) is 8.56. The average molecular weight is 594 g/mol. The summed E-state index contributed by atoms with van der Waals surface area (Å²) < 4.78 is 12.2. The van der Waals surface area contributed by atoms with Crippen LogP contribution in [0.2, 0.25) is 5.02 Å². The standard InChI is InChI=1S/C33H40ClN3O5/c1-19-14-20(2)16-22(15-19)28-29(41-13-11-23-8-6-7-12-37(23)32(40)42-33(3,4)5)24-17-27(36-30(38)21-9-10-21)25(34)18-26(24)35-31(28)39/h14-18,21,23H,6-13H2,1-5H3,(H,35,39)(H,36,38). The van der Waals surface area contributed by atoms with E-state index in [1.54, 1.807) is 12.1 Å². The van der Waals surface area contributed by atoms with E-state index in [0.29, 0.717) is 45.9 Å². The van der Waals surface area contributed by atoms with Gasteiger partial charge in [-0.25, -0.2) is 4.79 Å². The molecule has 1 saturated carbocycles. The number of pyridine rings is 1. The molecule has 2 aliphatic rings. The first-order chi connectivity index (χ1) is 19.9. The number of nitrogens with one attached hydrogen (secondary N) is 2. The number of aromatic amines is 1. The highest BCUT2D eigenvalue weighted by Crippen LogP contribution is 2.39. The van der Waals surface area contributed by atoms with Gasteiger partial charge in [-0.1, -0.05) is 40.9 Å². The van der Waals surface area contributed by atoms with Crippen LogP contribution in [0.5, 0.6) is 5.75 Å². The van der Waals surface area contributed by atoms with E-state index in [2.05, 4.69) is 16.4 Å². The predicted molar refractivity (Wildman–Crippen MR) is 167 cm³/mol. The Hall–Kier alpha value is -3.52. The fraction of sp³-hybridized carbons (Fsp3) is 0.485. The number of fused-ring (bicyclic) bond motifs is 1. The van der Waals surface area contributed by atoms with E-state index < -0.39 is 5.60 Å². The van der Waals surface area contributed by atoms with Gasteiger partial charge < -0.3 is 24.7 Å². The van der Waals surface area contributed by atoms with Gasteiger partial charge in [0.25, 0.3) is 5.56 Å². The van der Waals surface area contributed by atoms with Crippen LogP contribution in [0, 0.1) is 19.8 Å². The summed E-state index contributed by atoms with van der Waals surface area (Å²) in [6.07, 6.45) is 4.83. The number of halogens is 1. The van der Waals surface area contributed by atoms with E-state index in [-0.39, 0.29) is 36.1 Å². The first-order valence-electron chi connectivity index (χ1n) is 14.8. The van der Waals surface area contributed by atoms with Crippen LogP contribution in [0.15, 0.2) is 35.1 Å². The quantitative estimate of drug-likeness (QED) is 0.298. The first-order valence-corrected chi connectivity index (χ1v) is 15.2. The lowest BCUT2D eigenvalue weighted by Gasteiger charge is -2.36. The number of amides is 2. The molecule has 5 rings (SSSR count). The third kappa shape index (κ3) is 6.92. The number of carbonyl (C=O) groups excluding carboxylic acids is 2. The molecule has 1 atom stereocenters. The maximum absolute atomic E-state index is 13.6. The molecule has 0 spiro atoms. The van der Waals surface area contributed by atoms with Gasteiger partial charge in [0, 0.05) is 30.3 Å². The van der Waals surface area contributed by atoms with Crippen LogP contribution >= 0.6 is 11.6 Å². The molecule has 1 saturated heterocycles. The van der Waals surface area contributed by atoms with Crippen LogP contribution in [0.3, 0.4) is 0 Å². The van der Waals surface area contributed by atoms with E-state index >= 15 is 0 Å². The second kappa shape index (κ2) is 12.0. The van der Waals surface area contributed by atoms with Crippen molar-refractivity contribution in [3.8, 4) is 16.9 Å². The van der Waals surface area contributed by atoms with Crippen molar-refractivity contribution in [2.24, 2.45) is 5.92 Å². The van der Waals surface area contributed by atoms with Gasteiger partial charge in [-0.15, -0.1) is 0 Å². The minimum absolute atomic E-state index is 0.0114. The molecule has 42 heavy (non-hydrogen) atoms. The summed E-state index contributed by atoms with van der Waals surface area (Å²) in [5.74, 6) is 0.381. The molecule has 2 heterocycles. The highest BCUT2D eigenvalue weighted by molar-refractivity contribution is 6.34. The Morgan fingerprint density at radius 1 is 1.05 bits per heavy atom. The van der Waals surface area contributed by atoms with Crippen molar-refractivity contribution in [1.29, 1.82) is 0 Å². The molecule has 0 radical (unpaired) electrons. The number of anilines is 1. The number of nitrogens with zero attached hydrogens (tertiary/aromatic N) is 1. The molecule has 8 nitrogen and oxygen atoms in total. The number of piperidine rings is 1. The Morgan fingerprint density at radius 2 is 1.76 bits per heavy atom. The molecule has 2 amide bonds. The molecule has 2 aromatic carbocycles. The van der Waals surface area contributed by atoms with Crippen molar-refractivity contribution in [3.63, 3.8) is 0 Å². The maximum atomic E-state index is 13.6. The van der Waals surface area contributed by atoms with Gasteiger partial charge in [0.2, 0.25) is 5.91 Å². The van der Waals surface area contributed by atoms with Crippen molar-refractivity contribution < 1.29 is 19.1 Å². The normalized spacial score (nSPS) is 17.3. The number of H-pyrrole nitrogens is 1. The van der Waals surface area contributed by atoms with Crippen molar-refractivity contribution in [2.75, 3.05) is 18.5 Å². The minimum atomic E-state index is -0.575. The molecular formula is C33H40ClN3O5. The lowest BCUT2D eigenvalue weighted by atomic mass is 9.98. The highest BCUT2D eigenvalue weighted by atomic mass is 35.5. The molecule has 0 bridgehead atoms. The highest BCUT2D eigenvalue weighted by Gasteiger charge is 2.32. The average Bonchev–Trinajstić information content (AvgIpc) is 3.74. The molecule has 9 heteroatoms. The van der Waals surface area contributed by atoms with Gasteiger partial charge >= 0.3 is 6.09 Å². The number of likely N-dealkylation sites (tertiary alicyclic amines) is 1. The number of aryl methyl sites for hydroxylation is 2. The zero-order valence-corrected chi connectivity index (χ0v) is 25.8. The number of hydrogen-bond donors (Lipinski definition) is 2. The molecule has 1 aliphatic heterocycles. The van der Waals surface area contributed by atoms with Gasteiger partial charge in [0.15, 0.2) is 0 Å². The molecule has 2 fully saturated rings. The predicted octanol–water partition coefficient (Wildman–Crippen LogP) is 7.37. The van der Waals surface area contributed by atoms with Gasteiger partial charge in [-0.2, -0.15) is 0 Å². The van der Waals surface area contributed by atoms with Crippen molar-refractivity contribution in [2.45, 2.75) is 84.8 Å². The second-order valence-corrected chi connectivity index (χ2v) is 13.0. The zero-order chi connectivity index (χ0) is 30.2. The van der Waals surface area contributed by atoms with Crippen LogP contribution in [0.1, 0.15) is 70.4 Å². The summed E-state index contributed by atoms with van der Waals surface area (Å²) in [5.41, 5.74) is 3.35. The molecule has 2 N–H and O–H groups in total. The molecular weight excluding hydrogens is 554 g/mol. The molecule has 1 aliphatic carbocycles. The Labute approximate surface area is 251 Å². The zero-order valence-electron chi connectivity index (χ0n) is 25.1. The summed E-state index contributed by atoms with van der Waals surface area (Å²) in [4.78, 5) is 43.9. The fourth-order valence-electron chi connectivity index (χ4n) is 5.65.